The third-order valence-electron chi connectivity index (χ3n) is 6.88. The number of esters is 1. The molecule has 1 N–H and O–H groups in total. The molecule has 39 heavy (non-hydrogen) atoms. The normalized spacial score (nSPS) is 13.7. The van der Waals surface area contributed by atoms with E-state index in [2.05, 4.69) is 56.5 Å². The highest BCUT2D eigenvalue weighted by Gasteiger charge is 2.24. The summed E-state index contributed by atoms with van der Waals surface area (Å²) in [4.78, 5) is 25.2. The van der Waals surface area contributed by atoms with Gasteiger partial charge in [0.2, 0.25) is 5.91 Å². The molecular weight excluding hydrogens is 508 g/mol. The van der Waals surface area contributed by atoms with Crippen molar-refractivity contribution in [2.75, 3.05) is 17.7 Å². The first-order chi connectivity index (χ1) is 19.1. The number of aromatic nitrogens is 3. The van der Waals surface area contributed by atoms with Gasteiger partial charge in [-0.05, 0) is 43.0 Å². The number of hydrogen-bond acceptors (Lipinski definition) is 6. The molecule has 0 aliphatic heterocycles. The summed E-state index contributed by atoms with van der Waals surface area (Å²) in [6, 6.07) is 25.9. The van der Waals surface area contributed by atoms with Crippen molar-refractivity contribution in [3.05, 3.63) is 84.4 Å². The lowest BCUT2D eigenvalue weighted by Crippen LogP contribution is -2.19. The summed E-state index contributed by atoms with van der Waals surface area (Å²) in [5.74, 6) is 0.302. The van der Waals surface area contributed by atoms with Crippen LogP contribution in [0.2, 0.25) is 0 Å². The van der Waals surface area contributed by atoms with Crippen molar-refractivity contribution in [2.24, 2.45) is 0 Å². The molecule has 1 heterocycles. The molecule has 8 heteroatoms. The van der Waals surface area contributed by atoms with Crippen molar-refractivity contribution in [1.82, 2.24) is 14.8 Å². The Bertz CT molecular complexity index is 1410. The van der Waals surface area contributed by atoms with Crippen LogP contribution in [-0.4, -0.2) is 39.0 Å². The van der Waals surface area contributed by atoms with Crippen molar-refractivity contribution in [1.29, 1.82) is 0 Å². The number of nitrogens with zero attached hydrogens (tertiary/aromatic N) is 3. The number of carbonyl (C=O) groups is 2. The summed E-state index contributed by atoms with van der Waals surface area (Å²) < 4.78 is 7.35. The van der Waals surface area contributed by atoms with Crippen molar-refractivity contribution in [3.63, 3.8) is 0 Å². The van der Waals surface area contributed by atoms with Crippen LogP contribution >= 0.6 is 11.8 Å². The molecule has 1 amide bonds. The van der Waals surface area contributed by atoms with Gasteiger partial charge in [0, 0.05) is 11.6 Å². The number of anilines is 1. The van der Waals surface area contributed by atoms with Crippen LogP contribution in [0.25, 0.3) is 22.5 Å². The van der Waals surface area contributed by atoms with Crippen LogP contribution < -0.4 is 5.32 Å². The van der Waals surface area contributed by atoms with E-state index in [4.69, 9.17) is 4.74 Å². The molecule has 1 aromatic heterocycles. The van der Waals surface area contributed by atoms with Gasteiger partial charge >= 0.3 is 5.97 Å². The van der Waals surface area contributed by atoms with Crippen molar-refractivity contribution in [3.8, 4) is 22.5 Å². The summed E-state index contributed by atoms with van der Waals surface area (Å²) in [6.45, 7) is 2.02. The van der Waals surface area contributed by atoms with Crippen molar-refractivity contribution >= 4 is 29.3 Å². The second kappa shape index (κ2) is 12.8. The topological polar surface area (TPSA) is 86.1 Å². The van der Waals surface area contributed by atoms with E-state index in [1.807, 2.05) is 18.2 Å². The molecule has 1 saturated carbocycles. The Balaban J connectivity index is 1.35. The number of para-hydroxylation sites is 1. The Kier molecular flexibility index (Phi) is 8.73. The lowest BCUT2D eigenvalue weighted by atomic mass is 9.95. The number of ether oxygens (including phenoxy) is 1. The van der Waals surface area contributed by atoms with Gasteiger partial charge in [-0.1, -0.05) is 97.8 Å². The number of hydrogen-bond donors (Lipinski definition) is 1. The second-order valence-corrected chi connectivity index (χ2v) is 10.5. The SMILES string of the molecule is CCOC(=O)c1ccccc1NC(=O)CSc1nnc(-c2ccc(-c3ccccc3)cc2)n1C1CCCCC1. The van der Waals surface area contributed by atoms with E-state index in [9.17, 15) is 9.59 Å². The van der Waals surface area contributed by atoms with Gasteiger partial charge in [0.05, 0.1) is 23.6 Å². The van der Waals surface area contributed by atoms with E-state index in [0.29, 0.717) is 17.3 Å². The average Bonchev–Trinajstić information content (AvgIpc) is 3.41. The first-order valence-electron chi connectivity index (χ1n) is 13.4. The van der Waals surface area contributed by atoms with Crippen LogP contribution in [0.15, 0.2) is 84.0 Å². The van der Waals surface area contributed by atoms with Crippen LogP contribution in [-0.2, 0) is 9.53 Å². The first-order valence-corrected chi connectivity index (χ1v) is 14.4. The van der Waals surface area contributed by atoms with E-state index in [0.717, 1.165) is 34.9 Å². The number of benzene rings is 3. The summed E-state index contributed by atoms with van der Waals surface area (Å²) in [6.07, 6.45) is 5.72. The molecule has 0 bridgehead atoms. The molecule has 7 nitrogen and oxygen atoms in total. The van der Waals surface area contributed by atoms with Gasteiger partial charge in [0.25, 0.3) is 0 Å². The molecule has 1 fully saturated rings. The van der Waals surface area contributed by atoms with Crippen LogP contribution in [0.4, 0.5) is 5.69 Å². The van der Waals surface area contributed by atoms with Crippen LogP contribution in [0.5, 0.6) is 0 Å². The minimum Gasteiger partial charge on any atom is -0.462 e. The number of rotatable bonds is 9. The van der Waals surface area contributed by atoms with Crippen LogP contribution in [0, 0.1) is 0 Å². The zero-order chi connectivity index (χ0) is 27.0. The van der Waals surface area contributed by atoms with Gasteiger partial charge in [-0.2, -0.15) is 0 Å². The molecular formula is C31H32N4O3S. The van der Waals surface area contributed by atoms with Crippen LogP contribution in [0.1, 0.15) is 55.4 Å². The standard InChI is InChI=1S/C31H32N4O3S/c1-2-38-30(37)26-15-9-10-16-27(26)32-28(36)21-39-31-34-33-29(35(31)25-13-7-4-8-14-25)24-19-17-23(18-20-24)22-11-5-3-6-12-22/h3,5-6,9-12,15-20,25H,2,4,7-8,13-14,21H2,1H3,(H,32,36). The Morgan fingerprint density at radius 3 is 2.28 bits per heavy atom. The highest BCUT2D eigenvalue weighted by molar-refractivity contribution is 7.99. The number of amides is 1. The fraction of sp³-hybridized carbons (Fsp3) is 0.290. The third-order valence-corrected chi connectivity index (χ3v) is 7.83. The molecule has 0 unspecified atom stereocenters. The quantitative estimate of drug-likeness (QED) is 0.181. The average molecular weight is 541 g/mol. The van der Waals surface area contributed by atoms with E-state index >= 15 is 0 Å². The third kappa shape index (κ3) is 6.40. The lowest BCUT2D eigenvalue weighted by molar-refractivity contribution is -0.113. The predicted molar refractivity (Wildman–Crippen MR) is 155 cm³/mol. The van der Waals surface area contributed by atoms with E-state index in [-0.39, 0.29) is 18.3 Å². The van der Waals surface area contributed by atoms with Crippen molar-refractivity contribution < 1.29 is 14.3 Å². The zero-order valence-corrected chi connectivity index (χ0v) is 22.8. The van der Waals surface area contributed by atoms with Crippen molar-refractivity contribution in [2.45, 2.75) is 50.2 Å². The van der Waals surface area contributed by atoms with Gasteiger partial charge in [0.15, 0.2) is 11.0 Å². The van der Waals surface area contributed by atoms with Gasteiger partial charge in [-0.15, -0.1) is 10.2 Å². The Hall–Kier alpha value is -3.91. The molecule has 1 aliphatic carbocycles. The first kappa shape index (κ1) is 26.7. The number of thioether (sulfide) groups is 1. The summed E-state index contributed by atoms with van der Waals surface area (Å²) in [5.41, 5.74) is 4.10. The largest absolute Gasteiger partial charge is 0.462 e. The van der Waals surface area contributed by atoms with Gasteiger partial charge < -0.3 is 10.1 Å². The van der Waals surface area contributed by atoms with Gasteiger partial charge in [0.1, 0.15) is 0 Å². The Labute approximate surface area is 233 Å². The van der Waals surface area contributed by atoms with Crippen LogP contribution in [0.3, 0.4) is 0 Å². The Morgan fingerprint density at radius 1 is 0.872 bits per heavy atom. The smallest absolute Gasteiger partial charge is 0.340 e. The number of nitrogens with one attached hydrogen (secondary N) is 1. The van der Waals surface area contributed by atoms with Gasteiger partial charge in [-0.25, -0.2) is 4.79 Å². The molecule has 1 aliphatic rings. The molecule has 3 aromatic carbocycles. The second-order valence-electron chi connectivity index (χ2n) is 9.51. The molecule has 0 radical (unpaired) electrons. The summed E-state index contributed by atoms with van der Waals surface area (Å²) >= 11 is 1.37. The lowest BCUT2D eigenvalue weighted by Gasteiger charge is -2.25. The minimum absolute atomic E-state index is 0.148. The fourth-order valence-corrected chi connectivity index (χ4v) is 5.78. The highest BCUT2D eigenvalue weighted by Crippen LogP contribution is 2.36. The molecule has 0 atom stereocenters. The maximum Gasteiger partial charge on any atom is 0.340 e. The highest BCUT2D eigenvalue weighted by atomic mass is 32.2. The summed E-state index contributed by atoms with van der Waals surface area (Å²) in [7, 11) is 0. The summed E-state index contributed by atoms with van der Waals surface area (Å²) in [5, 5.41) is 12.7. The monoisotopic (exact) mass is 540 g/mol. The fourth-order valence-electron chi connectivity index (χ4n) is 4.98. The molecule has 5 rings (SSSR count). The zero-order valence-electron chi connectivity index (χ0n) is 22.0. The molecule has 0 spiro atoms. The predicted octanol–water partition coefficient (Wildman–Crippen LogP) is 7.02. The number of carbonyl (C=O) groups excluding carboxylic acids is 2. The van der Waals surface area contributed by atoms with Gasteiger partial charge in [-0.3, -0.25) is 9.36 Å². The minimum atomic E-state index is -0.457. The molecule has 200 valence electrons. The Morgan fingerprint density at radius 2 is 1.54 bits per heavy atom. The molecule has 4 aromatic rings. The van der Waals surface area contributed by atoms with E-state index in [1.165, 1.54) is 36.6 Å². The van der Waals surface area contributed by atoms with E-state index in [1.54, 1.807) is 31.2 Å². The maximum atomic E-state index is 12.9. The van der Waals surface area contributed by atoms with E-state index < -0.39 is 5.97 Å². The maximum absolute atomic E-state index is 12.9. The molecule has 0 saturated heterocycles.